The van der Waals surface area contributed by atoms with Crippen LogP contribution in [0.3, 0.4) is 0 Å². The summed E-state index contributed by atoms with van der Waals surface area (Å²) in [5.74, 6) is 0.527. The van der Waals surface area contributed by atoms with Gasteiger partial charge in [-0.2, -0.15) is 0 Å². The van der Waals surface area contributed by atoms with Gasteiger partial charge in [-0.1, -0.05) is 31.9 Å². The van der Waals surface area contributed by atoms with Crippen LogP contribution in [-0.4, -0.2) is 34.9 Å². The summed E-state index contributed by atoms with van der Waals surface area (Å²) in [6.07, 6.45) is 7.35. The molecule has 0 aromatic heterocycles. The smallest absolute Gasteiger partial charge is 0.314 e. The normalized spacial score (nSPS) is 42.6. The molecule has 20 heavy (non-hydrogen) atoms. The van der Waals surface area contributed by atoms with Crippen molar-refractivity contribution in [3.63, 3.8) is 0 Å². The molecule has 1 aliphatic carbocycles. The Morgan fingerprint density at radius 2 is 1.95 bits per heavy atom. The third-order valence-corrected chi connectivity index (χ3v) is 7.88. The van der Waals surface area contributed by atoms with E-state index in [-0.39, 0.29) is 14.6 Å². The zero-order chi connectivity index (χ0) is 14.4. The maximum atomic E-state index is 12.3. The Morgan fingerprint density at radius 3 is 2.65 bits per heavy atom. The van der Waals surface area contributed by atoms with Gasteiger partial charge in [0.25, 0.3) is 0 Å². The number of ether oxygens (including phenoxy) is 1. The average molecular weight is 410 g/mol. The molecule has 0 bridgehead atoms. The van der Waals surface area contributed by atoms with Gasteiger partial charge >= 0.3 is 5.97 Å². The number of rotatable bonds is 3. The number of hydrogen-bond donors (Lipinski definition) is 1. The molecule has 4 atom stereocenters. The van der Waals surface area contributed by atoms with Crippen LogP contribution in [0.1, 0.15) is 45.4 Å². The standard InChI is InChI=1S/C15H23Br2NO2/c1-14(10-15(14,16)17)13(19)20-9-11-5-4-8-18-7-3-2-6-12(11)18/h11-12H,2-10H2,1H3/p+1/t11-,12+,14-/m0/s1. The van der Waals surface area contributed by atoms with Gasteiger partial charge < -0.3 is 9.64 Å². The molecule has 2 heterocycles. The van der Waals surface area contributed by atoms with E-state index in [4.69, 9.17) is 4.74 Å². The molecule has 3 fully saturated rings. The van der Waals surface area contributed by atoms with Gasteiger partial charge in [-0.25, -0.2) is 0 Å². The van der Waals surface area contributed by atoms with Crippen molar-refractivity contribution in [3.05, 3.63) is 0 Å². The zero-order valence-corrected chi connectivity index (χ0v) is 15.3. The lowest BCUT2D eigenvalue weighted by atomic mass is 9.84. The molecule has 1 saturated carbocycles. The van der Waals surface area contributed by atoms with Gasteiger partial charge in [0.15, 0.2) is 0 Å². The van der Waals surface area contributed by atoms with E-state index in [2.05, 4.69) is 31.9 Å². The van der Waals surface area contributed by atoms with E-state index in [1.165, 1.54) is 45.2 Å². The Labute approximate surface area is 138 Å². The van der Waals surface area contributed by atoms with Crippen molar-refractivity contribution in [2.45, 2.75) is 54.7 Å². The number of hydrogen-bond acceptors (Lipinski definition) is 2. The van der Waals surface area contributed by atoms with Crippen molar-refractivity contribution in [3.8, 4) is 0 Å². The minimum absolute atomic E-state index is 0.0471. The number of esters is 1. The predicted octanol–water partition coefficient (Wildman–Crippen LogP) is 2.27. The highest BCUT2D eigenvalue weighted by Gasteiger charge is 2.68. The van der Waals surface area contributed by atoms with Crippen LogP contribution < -0.4 is 4.90 Å². The molecule has 0 aromatic carbocycles. The minimum Gasteiger partial charge on any atom is -0.465 e. The molecule has 1 unspecified atom stereocenters. The van der Waals surface area contributed by atoms with Gasteiger partial charge in [-0.05, 0) is 45.4 Å². The number of nitrogens with one attached hydrogen (secondary N) is 1. The van der Waals surface area contributed by atoms with Crippen molar-refractivity contribution in [2.24, 2.45) is 11.3 Å². The lowest BCUT2D eigenvalue weighted by molar-refractivity contribution is -0.940. The number of halogens is 2. The third-order valence-electron chi connectivity index (χ3n) is 5.57. The van der Waals surface area contributed by atoms with Gasteiger partial charge in [-0.15, -0.1) is 0 Å². The number of carbonyl (C=O) groups excluding carboxylic acids is 1. The van der Waals surface area contributed by atoms with Crippen molar-refractivity contribution < 1.29 is 14.4 Å². The Hall–Kier alpha value is 0.390. The monoisotopic (exact) mass is 408 g/mol. The predicted molar refractivity (Wildman–Crippen MR) is 85.3 cm³/mol. The molecule has 3 aliphatic rings. The van der Waals surface area contributed by atoms with E-state index in [9.17, 15) is 4.79 Å². The highest BCUT2D eigenvalue weighted by molar-refractivity contribution is 9.25. The first-order valence-electron chi connectivity index (χ1n) is 7.84. The summed E-state index contributed by atoms with van der Waals surface area (Å²) in [5.41, 5.74) is -0.388. The van der Waals surface area contributed by atoms with Crippen LogP contribution in [0.25, 0.3) is 0 Å². The summed E-state index contributed by atoms with van der Waals surface area (Å²) in [7, 11) is 0. The Kier molecular flexibility index (Phi) is 4.24. The molecule has 2 aliphatic heterocycles. The van der Waals surface area contributed by atoms with E-state index >= 15 is 0 Å². The van der Waals surface area contributed by atoms with Gasteiger partial charge in [0.2, 0.25) is 0 Å². The highest BCUT2D eigenvalue weighted by Crippen LogP contribution is 2.66. The van der Waals surface area contributed by atoms with Gasteiger partial charge in [-0.3, -0.25) is 4.79 Å². The summed E-state index contributed by atoms with van der Waals surface area (Å²) in [6.45, 7) is 5.23. The second-order valence-electron chi connectivity index (χ2n) is 6.97. The van der Waals surface area contributed by atoms with E-state index < -0.39 is 0 Å². The van der Waals surface area contributed by atoms with E-state index in [1.807, 2.05) is 6.92 Å². The van der Waals surface area contributed by atoms with Crippen molar-refractivity contribution in [2.75, 3.05) is 19.7 Å². The fourth-order valence-corrected chi connectivity index (χ4v) is 5.39. The molecule has 3 rings (SSSR count). The summed E-state index contributed by atoms with van der Waals surface area (Å²) in [4.78, 5) is 14.0. The number of piperidine rings is 2. The Morgan fingerprint density at radius 1 is 1.25 bits per heavy atom. The maximum Gasteiger partial charge on any atom is 0.314 e. The van der Waals surface area contributed by atoms with Crippen LogP contribution in [0, 0.1) is 11.3 Å². The fraction of sp³-hybridized carbons (Fsp3) is 0.933. The maximum absolute atomic E-state index is 12.3. The number of alkyl halides is 2. The van der Waals surface area contributed by atoms with E-state index in [0.29, 0.717) is 12.5 Å². The number of quaternary nitrogens is 1. The lowest BCUT2D eigenvalue weighted by Crippen LogP contribution is -3.18. The fourth-order valence-electron chi connectivity index (χ4n) is 3.94. The van der Waals surface area contributed by atoms with Crippen LogP contribution in [-0.2, 0) is 9.53 Å². The molecule has 1 N–H and O–H groups in total. The van der Waals surface area contributed by atoms with Gasteiger partial charge in [0, 0.05) is 5.92 Å². The van der Waals surface area contributed by atoms with Gasteiger partial charge in [0.05, 0.1) is 34.4 Å². The summed E-state index contributed by atoms with van der Waals surface area (Å²) < 4.78 is 5.44. The van der Waals surface area contributed by atoms with Crippen molar-refractivity contribution in [1.82, 2.24) is 0 Å². The topological polar surface area (TPSA) is 30.7 Å². The SMILES string of the molecule is C[C@@]1(C(=O)OC[C@@H]2CCC[NH+]3CCCC[C@H]23)CC1(Br)Br. The van der Waals surface area contributed by atoms with Crippen molar-refractivity contribution >= 4 is 37.8 Å². The van der Waals surface area contributed by atoms with E-state index in [1.54, 1.807) is 4.90 Å². The lowest BCUT2D eigenvalue weighted by Gasteiger charge is -2.41. The van der Waals surface area contributed by atoms with Crippen LogP contribution in [0.2, 0.25) is 0 Å². The molecular weight excluding hydrogens is 386 g/mol. The van der Waals surface area contributed by atoms with Crippen molar-refractivity contribution in [1.29, 1.82) is 0 Å². The molecule has 3 nitrogen and oxygen atoms in total. The Bertz CT molecular complexity index is 399. The highest BCUT2D eigenvalue weighted by atomic mass is 79.9. The zero-order valence-electron chi connectivity index (χ0n) is 12.1. The van der Waals surface area contributed by atoms with Crippen LogP contribution in [0.5, 0.6) is 0 Å². The second kappa shape index (κ2) is 5.54. The minimum atomic E-state index is -0.388. The summed E-state index contributed by atoms with van der Waals surface area (Å²) >= 11 is 7.09. The Balaban J connectivity index is 1.54. The quantitative estimate of drug-likeness (QED) is 0.572. The molecule has 0 aromatic rings. The third kappa shape index (κ3) is 2.70. The summed E-state index contributed by atoms with van der Waals surface area (Å²) in [6, 6.07) is 0.731. The molecule has 2 saturated heterocycles. The first kappa shape index (κ1) is 15.3. The van der Waals surface area contributed by atoms with Crippen LogP contribution in [0.4, 0.5) is 0 Å². The first-order chi connectivity index (χ1) is 9.44. The molecule has 114 valence electrons. The molecule has 0 radical (unpaired) electrons. The molecular formula is C15H24Br2NO2+. The molecule has 5 heteroatoms. The summed E-state index contributed by atoms with van der Waals surface area (Å²) in [5, 5.41) is 0. The molecule has 0 spiro atoms. The van der Waals surface area contributed by atoms with E-state index in [0.717, 1.165) is 12.5 Å². The first-order valence-corrected chi connectivity index (χ1v) is 9.42. The second-order valence-corrected chi connectivity index (χ2v) is 10.7. The number of carbonyl (C=O) groups is 1. The van der Waals surface area contributed by atoms with Gasteiger partial charge in [0.1, 0.15) is 0 Å². The van der Waals surface area contributed by atoms with Crippen LogP contribution in [0.15, 0.2) is 0 Å². The van der Waals surface area contributed by atoms with Crippen LogP contribution >= 0.6 is 31.9 Å². The molecule has 0 amide bonds. The average Bonchev–Trinajstić information content (AvgIpc) is 2.96. The largest absolute Gasteiger partial charge is 0.465 e. The number of fused-ring (bicyclic) bond motifs is 1.